The van der Waals surface area contributed by atoms with Crippen molar-refractivity contribution in [3.05, 3.63) is 29.3 Å². The normalized spacial score (nSPS) is 11.8. The van der Waals surface area contributed by atoms with Crippen LogP contribution in [-0.4, -0.2) is 16.8 Å². The summed E-state index contributed by atoms with van der Waals surface area (Å²) >= 11 is 0. The molecule has 0 aliphatic carbocycles. The van der Waals surface area contributed by atoms with Crippen LogP contribution < -0.4 is 0 Å². The van der Waals surface area contributed by atoms with E-state index >= 15 is 0 Å². The first kappa shape index (κ1) is 14.0. The molecule has 0 atom stereocenters. The molecule has 0 aliphatic heterocycles. The molecule has 0 fully saturated rings. The fraction of sp³-hybridized carbons (Fsp3) is 0.600. The molecule has 0 aliphatic rings. The third-order valence-electron chi connectivity index (χ3n) is 3.03. The molecule has 0 amide bonds. The van der Waals surface area contributed by atoms with Crippen LogP contribution in [0.3, 0.4) is 0 Å². The Kier molecular flexibility index (Phi) is 5.01. The number of rotatable bonds is 5. The summed E-state index contributed by atoms with van der Waals surface area (Å²) in [6.45, 7) is 6.58. The number of aromatic hydroxyl groups is 1. The highest BCUT2D eigenvalue weighted by atomic mass is 16.3. The number of hydrogen-bond acceptors (Lipinski definition) is 2. The zero-order valence-electron chi connectivity index (χ0n) is 11.2. The summed E-state index contributed by atoms with van der Waals surface area (Å²) in [5.41, 5.74) is 2.01. The zero-order chi connectivity index (χ0) is 12.9. The third-order valence-corrected chi connectivity index (χ3v) is 3.03. The first-order valence-electron chi connectivity index (χ1n) is 6.39. The Morgan fingerprint density at radius 2 is 1.76 bits per heavy atom. The summed E-state index contributed by atoms with van der Waals surface area (Å²) < 4.78 is 0. The molecule has 1 aromatic carbocycles. The molecule has 0 spiro atoms. The van der Waals surface area contributed by atoms with Gasteiger partial charge in [0.1, 0.15) is 5.75 Å². The SMILES string of the molecule is CC(C)(C)c1cccc(CCCCCO)c1O. The lowest BCUT2D eigenvalue weighted by molar-refractivity contribution is 0.283. The topological polar surface area (TPSA) is 40.5 Å². The number of unbranched alkanes of at least 4 members (excludes halogenated alkanes) is 2. The van der Waals surface area contributed by atoms with Crippen molar-refractivity contribution in [1.29, 1.82) is 0 Å². The average molecular weight is 236 g/mol. The number of phenols is 1. The number of aliphatic hydroxyl groups is 1. The Balaban J connectivity index is 2.74. The van der Waals surface area contributed by atoms with Crippen molar-refractivity contribution < 1.29 is 10.2 Å². The van der Waals surface area contributed by atoms with Gasteiger partial charge in [-0.2, -0.15) is 0 Å². The van der Waals surface area contributed by atoms with Crippen molar-refractivity contribution in [2.45, 2.75) is 51.9 Å². The van der Waals surface area contributed by atoms with Crippen LogP contribution in [0, 0.1) is 0 Å². The molecule has 0 bridgehead atoms. The highest BCUT2D eigenvalue weighted by molar-refractivity contribution is 5.44. The molecule has 0 saturated heterocycles. The van der Waals surface area contributed by atoms with E-state index in [0.717, 1.165) is 36.8 Å². The van der Waals surface area contributed by atoms with Crippen molar-refractivity contribution in [3.8, 4) is 5.75 Å². The quantitative estimate of drug-likeness (QED) is 0.769. The minimum absolute atomic E-state index is 0.0226. The maximum Gasteiger partial charge on any atom is 0.122 e. The molecule has 17 heavy (non-hydrogen) atoms. The second-order valence-electron chi connectivity index (χ2n) is 5.60. The molecule has 2 heteroatoms. The number of aliphatic hydroxyl groups excluding tert-OH is 1. The molecule has 96 valence electrons. The van der Waals surface area contributed by atoms with Crippen molar-refractivity contribution in [2.24, 2.45) is 0 Å². The van der Waals surface area contributed by atoms with Gasteiger partial charge in [0.25, 0.3) is 0 Å². The summed E-state index contributed by atoms with van der Waals surface area (Å²) in [6.07, 6.45) is 3.76. The first-order chi connectivity index (χ1) is 7.96. The molecular formula is C15H24O2. The van der Waals surface area contributed by atoms with Gasteiger partial charge in [0.15, 0.2) is 0 Å². The Morgan fingerprint density at radius 1 is 1.06 bits per heavy atom. The first-order valence-corrected chi connectivity index (χ1v) is 6.39. The van der Waals surface area contributed by atoms with Crippen molar-refractivity contribution >= 4 is 0 Å². The van der Waals surface area contributed by atoms with Crippen LogP contribution in [0.4, 0.5) is 0 Å². The van der Waals surface area contributed by atoms with Gasteiger partial charge >= 0.3 is 0 Å². The third kappa shape index (κ3) is 4.04. The predicted molar refractivity (Wildman–Crippen MR) is 71.4 cm³/mol. The Labute approximate surface area is 104 Å². The molecule has 0 unspecified atom stereocenters. The summed E-state index contributed by atoms with van der Waals surface area (Å²) in [4.78, 5) is 0. The summed E-state index contributed by atoms with van der Waals surface area (Å²) in [6, 6.07) is 6.00. The maximum atomic E-state index is 10.2. The number of benzene rings is 1. The number of hydrogen-bond donors (Lipinski definition) is 2. The number of phenolic OH excluding ortho intramolecular Hbond substituents is 1. The highest BCUT2D eigenvalue weighted by Gasteiger charge is 2.19. The summed E-state index contributed by atoms with van der Waals surface area (Å²) in [5.74, 6) is 0.448. The van der Waals surface area contributed by atoms with E-state index in [-0.39, 0.29) is 12.0 Å². The van der Waals surface area contributed by atoms with E-state index in [0.29, 0.717) is 5.75 Å². The van der Waals surface area contributed by atoms with Gasteiger partial charge in [-0.25, -0.2) is 0 Å². The largest absolute Gasteiger partial charge is 0.507 e. The molecule has 0 aromatic heterocycles. The lowest BCUT2D eigenvalue weighted by Crippen LogP contribution is -2.11. The molecule has 1 aromatic rings. The van der Waals surface area contributed by atoms with E-state index in [2.05, 4.69) is 20.8 Å². The fourth-order valence-electron chi connectivity index (χ4n) is 2.00. The number of para-hydroxylation sites is 1. The molecule has 1 rings (SSSR count). The molecule has 0 radical (unpaired) electrons. The van der Waals surface area contributed by atoms with E-state index in [1.54, 1.807) is 0 Å². The van der Waals surface area contributed by atoms with Gasteiger partial charge < -0.3 is 10.2 Å². The zero-order valence-corrected chi connectivity index (χ0v) is 11.2. The molecule has 2 nitrogen and oxygen atoms in total. The van der Waals surface area contributed by atoms with Gasteiger partial charge in [-0.1, -0.05) is 45.4 Å². The summed E-state index contributed by atoms with van der Waals surface area (Å²) in [5, 5.41) is 19.0. The molecule has 0 saturated carbocycles. The minimum atomic E-state index is -0.0226. The molecule has 0 heterocycles. The Hall–Kier alpha value is -1.02. The maximum absolute atomic E-state index is 10.2. The van der Waals surface area contributed by atoms with E-state index < -0.39 is 0 Å². The Morgan fingerprint density at radius 3 is 2.35 bits per heavy atom. The van der Waals surface area contributed by atoms with Gasteiger partial charge in [0, 0.05) is 6.61 Å². The van der Waals surface area contributed by atoms with Gasteiger partial charge in [-0.3, -0.25) is 0 Å². The van der Waals surface area contributed by atoms with E-state index in [1.807, 2.05) is 18.2 Å². The van der Waals surface area contributed by atoms with Crippen LogP contribution in [0.15, 0.2) is 18.2 Å². The highest BCUT2D eigenvalue weighted by Crippen LogP contribution is 2.33. The van der Waals surface area contributed by atoms with Crippen LogP contribution in [0.5, 0.6) is 5.75 Å². The van der Waals surface area contributed by atoms with Crippen LogP contribution >= 0.6 is 0 Å². The van der Waals surface area contributed by atoms with E-state index in [9.17, 15) is 5.11 Å². The van der Waals surface area contributed by atoms with Crippen LogP contribution in [-0.2, 0) is 11.8 Å². The second kappa shape index (κ2) is 6.06. The number of aryl methyl sites for hydroxylation is 1. The standard InChI is InChI=1S/C15H24O2/c1-15(2,3)13-10-7-9-12(14(13)17)8-5-4-6-11-16/h7,9-10,16-17H,4-6,8,11H2,1-3H3. The van der Waals surface area contributed by atoms with Crippen molar-refractivity contribution in [3.63, 3.8) is 0 Å². The molecule has 2 N–H and O–H groups in total. The lowest BCUT2D eigenvalue weighted by Gasteiger charge is -2.21. The van der Waals surface area contributed by atoms with Crippen LogP contribution in [0.2, 0.25) is 0 Å². The average Bonchev–Trinajstić information content (AvgIpc) is 2.25. The van der Waals surface area contributed by atoms with Crippen LogP contribution in [0.25, 0.3) is 0 Å². The smallest absolute Gasteiger partial charge is 0.122 e. The van der Waals surface area contributed by atoms with E-state index in [1.165, 1.54) is 0 Å². The van der Waals surface area contributed by atoms with Crippen molar-refractivity contribution in [1.82, 2.24) is 0 Å². The summed E-state index contributed by atoms with van der Waals surface area (Å²) in [7, 11) is 0. The second-order valence-corrected chi connectivity index (χ2v) is 5.60. The fourth-order valence-corrected chi connectivity index (χ4v) is 2.00. The van der Waals surface area contributed by atoms with Crippen LogP contribution in [0.1, 0.15) is 51.2 Å². The van der Waals surface area contributed by atoms with Gasteiger partial charge in [0.2, 0.25) is 0 Å². The Bertz CT molecular complexity index is 350. The van der Waals surface area contributed by atoms with Gasteiger partial charge in [-0.05, 0) is 35.8 Å². The van der Waals surface area contributed by atoms with Gasteiger partial charge in [-0.15, -0.1) is 0 Å². The van der Waals surface area contributed by atoms with Gasteiger partial charge in [0.05, 0.1) is 0 Å². The molecular weight excluding hydrogens is 212 g/mol. The van der Waals surface area contributed by atoms with Crippen molar-refractivity contribution in [2.75, 3.05) is 6.61 Å². The van der Waals surface area contributed by atoms with E-state index in [4.69, 9.17) is 5.11 Å². The lowest BCUT2D eigenvalue weighted by atomic mass is 9.84. The minimum Gasteiger partial charge on any atom is -0.507 e. The predicted octanol–water partition coefficient (Wildman–Crippen LogP) is 3.39. The monoisotopic (exact) mass is 236 g/mol.